The smallest absolute Gasteiger partial charge is 0.0332 e. The normalized spacial score (nSPS) is 15.0. The van der Waals surface area contributed by atoms with Crippen molar-refractivity contribution in [3.05, 3.63) is 32.7 Å². The van der Waals surface area contributed by atoms with E-state index in [1.807, 2.05) is 12.1 Å². The van der Waals surface area contributed by atoms with E-state index in [0.717, 1.165) is 8.95 Å². The van der Waals surface area contributed by atoms with Crippen LogP contribution in [0.3, 0.4) is 0 Å². The van der Waals surface area contributed by atoms with Gasteiger partial charge in [-0.25, -0.2) is 0 Å². The monoisotopic (exact) mass is 333 g/mol. The largest absolute Gasteiger partial charge is 0.324 e. The fraction of sp³-hybridized carbons (Fsp3) is 0.500. The van der Waals surface area contributed by atoms with Gasteiger partial charge in [0.1, 0.15) is 0 Å². The lowest BCUT2D eigenvalue weighted by Gasteiger charge is -2.21. The number of halogens is 2. The summed E-state index contributed by atoms with van der Waals surface area (Å²) in [6, 6.07) is 6.30. The van der Waals surface area contributed by atoms with E-state index in [9.17, 15) is 0 Å². The van der Waals surface area contributed by atoms with Gasteiger partial charge in [-0.2, -0.15) is 0 Å². The Labute approximate surface area is 109 Å². The minimum absolute atomic E-state index is 0.118. The van der Waals surface area contributed by atoms with Gasteiger partial charge in [0.2, 0.25) is 0 Å². The third kappa shape index (κ3) is 3.58. The molecule has 0 bridgehead atoms. The molecule has 2 atom stereocenters. The van der Waals surface area contributed by atoms with E-state index in [0.29, 0.717) is 5.92 Å². The molecule has 1 aromatic rings. The Morgan fingerprint density at radius 3 is 2.53 bits per heavy atom. The van der Waals surface area contributed by atoms with Gasteiger partial charge in [-0.05, 0) is 30.0 Å². The van der Waals surface area contributed by atoms with Crippen LogP contribution in [0, 0.1) is 5.92 Å². The second-order valence-corrected chi connectivity index (χ2v) is 5.73. The van der Waals surface area contributed by atoms with Crippen LogP contribution >= 0.6 is 31.9 Å². The summed E-state index contributed by atoms with van der Waals surface area (Å²) in [6.45, 7) is 4.41. The first kappa shape index (κ1) is 13.2. The Bertz CT molecular complexity index is 325. The van der Waals surface area contributed by atoms with Crippen molar-refractivity contribution < 1.29 is 0 Å². The molecule has 0 amide bonds. The molecule has 0 fully saturated rings. The Hall–Kier alpha value is 0.140. The summed E-state index contributed by atoms with van der Waals surface area (Å²) in [7, 11) is 0. The standard InChI is InChI=1S/C12H17Br2N/c1-3-4-8(2)12(15)10-6-5-9(13)7-11(10)14/h5-8,12H,3-4,15H2,1-2H3. The molecule has 2 unspecified atom stereocenters. The molecular weight excluding hydrogens is 318 g/mol. The first-order valence-corrected chi connectivity index (χ1v) is 6.85. The fourth-order valence-corrected chi connectivity index (χ4v) is 3.02. The van der Waals surface area contributed by atoms with Crippen LogP contribution in [0.15, 0.2) is 27.1 Å². The maximum absolute atomic E-state index is 6.23. The third-order valence-corrected chi connectivity index (χ3v) is 3.86. The van der Waals surface area contributed by atoms with Gasteiger partial charge in [0.05, 0.1) is 0 Å². The Morgan fingerprint density at radius 2 is 2.00 bits per heavy atom. The predicted octanol–water partition coefficient (Wildman–Crippen LogP) is 4.65. The minimum atomic E-state index is 0.118. The molecule has 1 nitrogen and oxygen atoms in total. The number of nitrogens with two attached hydrogens (primary N) is 1. The van der Waals surface area contributed by atoms with Gasteiger partial charge in [-0.15, -0.1) is 0 Å². The van der Waals surface area contributed by atoms with E-state index < -0.39 is 0 Å². The Morgan fingerprint density at radius 1 is 1.33 bits per heavy atom. The van der Waals surface area contributed by atoms with Crippen molar-refractivity contribution in [2.24, 2.45) is 11.7 Å². The van der Waals surface area contributed by atoms with E-state index in [-0.39, 0.29) is 6.04 Å². The lowest BCUT2D eigenvalue weighted by molar-refractivity contribution is 0.432. The highest BCUT2D eigenvalue weighted by molar-refractivity contribution is 9.11. The lowest BCUT2D eigenvalue weighted by atomic mass is 9.92. The molecule has 0 aliphatic rings. The van der Waals surface area contributed by atoms with E-state index in [2.05, 4.69) is 51.8 Å². The van der Waals surface area contributed by atoms with Crippen molar-refractivity contribution in [1.29, 1.82) is 0 Å². The second kappa shape index (κ2) is 6.02. The first-order valence-electron chi connectivity index (χ1n) is 5.26. The lowest BCUT2D eigenvalue weighted by Crippen LogP contribution is -2.19. The number of hydrogen-bond donors (Lipinski definition) is 1. The zero-order chi connectivity index (χ0) is 11.4. The van der Waals surface area contributed by atoms with Gasteiger partial charge in [0, 0.05) is 15.0 Å². The van der Waals surface area contributed by atoms with E-state index in [1.165, 1.54) is 18.4 Å². The maximum atomic E-state index is 6.23. The molecule has 0 aliphatic heterocycles. The highest BCUT2D eigenvalue weighted by Gasteiger charge is 2.16. The SMILES string of the molecule is CCCC(C)C(N)c1ccc(Br)cc1Br. The highest BCUT2D eigenvalue weighted by atomic mass is 79.9. The van der Waals surface area contributed by atoms with Crippen molar-refractivity contribution in [3.8, 4) is 0 Å². The zero-order valence-corrected chi connectivity index (χ0v) is 12.3. The fourth-order valence-electron chi connectivity index (χ4n) is 1.71. The van der Waals surface area contributed by atoms with Crippen LogP contribution < -0.4 is 5.73 Å². The summed E-state index contributed by atoms with van der Waals surface area (Å²) in [4.78, 5) is 0. The quantitative estimate of drug-likeness (QED) is 0.852. The molecule has 0 aliphatic carbocycles. The average Bonchev–Trinajstić information content (AvgIpc) is 2.17. The van der Waals surface area contributed by atoms with Crippen molar-refractivity contribution in [3.63, 3.8) is 0 Å². The van der Waals surface area contributed by atoms with Crippen LogP contribution in [-0.2, 0) is 0 Å². The molecule has 0 radical (unpaired) electrons. The predicted molar refractivity (Wildman–Crippen MR) is 72.8 cm³/mol. The summed E-state index contributed by atoms with van der Waals surface area (Å²) >= 11 is 7.00. The minimum Gasteiger partial charge on any atom is -0.324 e. The molecule has 15 heavy (non-hydrogen) atoms. The van der Waals surface area contributed by atoms with Crippen molar-refractivity contribution >= 4 is 31.9 Å². The Kier molecular flexibility index (Phi) is 5.30. The number of benzene rings is 1. The van der Waals surface area contributed by atoms with Crippen LogP contribution in [0.25, 0.3) is 0 Å². The molecule has 3 heteroatoms. The zero-order valence-electron chi connectivity index (χ0n) is 9.13. The third-order valence-electron chi connectivity index (χ3n) is 2.68. The van der Waals surface area contributed by atoms with Gasteiger partial charge in [-0.3, -0.25) is 0 Å². The van der Waals surface area contributed by atoms with Crippen molar-refractivity contribution in [2.45, 2.75) is 32.7 Å². The second-order valence-electron chi connectivity index (χ2n) is 3.96. The van der Waals surface area contributed by atoms with Gasteiger partial charge in [-0.1, -0.05) is 58.2 Å². The molecule has 0 heterocycles. The van der Waals surface area contributed by atoms with Crippen LogP contribution in [0.1, 0.15) is 38.3 Å². The summed E-state index contributed by atoms with van der Waals surface area (Å²) in [5, 5.41) is 0. The van der Waals surface area contributed by atoms with Crippen LogP contribution in [0.5, 0.6) is 0 Å². The first-order chi connectivity index (χ1) is 7.06. The van der Waals surface area contributed by atoms with Crippen LogP contribution in [-0.4, -0.2) is 0 Å². The maximum Gasteiger partial charge on any atom is 0.0332 e. The molecular formula is C12H17Br2N. The molecule has 1 aromatic carbocycles. The van der Waals surface area contributed by atoms with E-state index >= 15 is 0 Å². The van der Waals surface area contributed by atoms with E-state index in [1.54, 1.807) is 0 Å². The van der Waals surface area contributed by atoms with Crippen LogP contribution in [0.4, 0.5) is 0 Å². The Balaban J connectivity index is 2.86. The molecule has 0 saturated carbocycles. The van der Waals surface area contributed by atoms with Crippen molar-refractivity contribution in [2.75, 3.05) is 0 Å². The summed E-state index contributed by atoms with van der Waals surface area (Å²) in [5.41, 5.74) is 7.42. The number of hydrogen-bond acceptors (Lipinski definition) is 1. The summed E-state index contributed by atoms with van der Waals surface area (Å²) < 4.78 is 2.17. The average molecular weight is 335 g/mol. The van der Waals surface area contributed by atoms with Crippen molar-refractivity contribution in [1.82, 2.24) is 0 Å². The molecule has 2 N–H and O–H groups in total. The van der Waals surface area contributed by atoms with E-state index in [4.69, 9.17) is 5.73 Å². The topological polar surface area (TPSA) is 26.0 Å². The van der Waals surface area contributed by atoms with Crippen LogP contribution in [0.2, 0.25) is 0 Å². The summed E-state index contributed by atoms with van der Waals surface area (Å²) in [6.07, 6.45) is 2.35. The molecule has 0 saturated heterocycles. The molecule has 0 spiro atoms. The molecule has 1 rings (SSSR count). The summed E-state index contributed by atoms with van der Waals surface area (Å²) in [5.74, 6) is 0.521. The van der Waals surface area contributed by atoms with Gasteiger partial charge < -0.3 is 5.73 Å². The highest BCUT2D eigenvalue weighted by Crippen LogP contribution is 2.30. The number of rotatable bonds is 4. The van der Waals surface area contributed by atoms with Gasteiger partial charge in [0.15, 0.2) is 0 Å². The van der Waals surface area contributed by atoms with Gasteiger partial charge >= 0.3 is 0 Å². The molecule has 0 aromatic heterocycles. The van der Waals surface area contributed by atoms with Gasteiger partial charge in [0.25, 0.3) is 0 Å². The molecule has 84 valence electrons.